The van der Waals surface area contributed by atoms with Gasteiger partial charge in [-0.2, -0.15) is 8.42 Å². The molecule has 0 amide bonds. The Kier molecular flexibility index (Phi) is 2.92. The lowest BCUT2D eigenvalue weighted by molar-refractivity contribution is 0.591. The van der Waals surface area contributed by atoms with Crippen LogP contribution in [0.2, 0.25) is 0 Å². The van der Waals surface area contributed by atoms with Crippen molar-refractivity contribution in [3.63, 3.8) is 0 Å². The first-order chi connectivity index (χ1) is 6.44. The number of nitrogens with two attached hydrogens (primary N) is 1. The summed E-state index contributed by atoms with van der Waals surface area (Å²) in [6.45, 7) is 0. The largest absolute Gasteiger partial charge is 0.399 e. The zero-order chi connectivity index (χ0) is 10.8. The average Bonchev–Trinajstić information content (AvgIpc) is 2.11. The maximum Gasteiger partial charge on any atom is 0.298 e. The lowest BCUT2D eigenvalue weighted by atomic mass is 10.3. The third-order valence-corrected chi connectivity index (χ3v) is 2.53. The fourth-order valence-corrected chi connectivity index (χ4v) is 1.36. The molecule has 0 fully saturated rings. The van der Waals surface area contributed by atoms with Gasteiger partial charge in [0.2, 0.25) is 0 Å². The van der Waals surface area contributed by atoms with Crippen molar-refractivity contribution in [3.05, 3.63) is 24.0 Å². The Morgan fingerprint density at radius 1 is 1.43 bits per heavy atom. The van der Waals surface area contributed by atoms with E-state index in [4.69, 9.17) is 5.73 Å². The van der Waals surface area contributed by atoms with Crippen LogP contribution in [0.15, 0.2) is 18.2 Å². The molecule has 78 valence electrons. The summed E-state index contributed by atoms with van der Waals surface area (Å²) in [5.41, 5.74) is 5.46. The van der Waals surface area contributed by atoms with Crippen LogP contribution in [0, 0.1) is 5.82 Å². The van der Waals surface area contributed by atoms with Crippen LogP contribution in [-0.2, 0) is 10.2 Å². The second kappa shape index (κ2) is 3.81. The van der Waals surface area contributed by atoms with E-state index in [2.05, 4.69) is 0 Å². The Morgan fingerprint density at radius 3 is 2.64 bits per heavy atom. The van der Waals surface area contributed by atoms with Crippen LogP contribution >= 0.6 is 0 Å². The van der Waals surface area contributed by atoms with E-state index < -0.39 is 16.0 Å². The molecule has 0 unspecified atom stereocenters. The summed E-state index contributed by atoms with van der Waals surface area (Å²) in [5.74, 6) is -0.682. The molecule has 14 heavy (non-hydrogen) atoms. The minimum absolute atomic E-state index is 0.181. The van der Waals surface area contributed by atoms with Crippen LogP contribution in [0.25, 0.3) is 0 Å². The van der Waals surface area contributed by atoms with Crippen molar-refractivity contribution in [1.29, 1.82) is 0 Å². The van der Waals surface area contributed by atoms with Crippen LogP contribution in [0.5, 0.6) is 0 Å². The highest BCUT2D eigenvalue weighted by atomic mass is 32.2. The van der Waals surface area contributed by atoms with Gasteiger partial charge in [-0.05, 0) is 18.2 Å². The van der Waals surface area contributed by atoms with Crippen molar-refractivity contribution in [2.75, 3.05) is 17.5 Å². The van der Waals surface area contributed by atoms with E-state index >= 15 is 0 Å². The number of nitrogens with one attached hydrogen (secondary N) is 2. The average molecular weight is 219 g/mol. The van der Waals surface area contributed by atoms with E-state index in [1.165, 1.54) is 19.2 Å². The van der Waals surface area contributed by atoms with Crippen LogP contribution in [0.1, 0.15) is 0 Å². The summed E-state index contributed by atoms with van der Waals surface area (Å²) in [7, 11) is -2.49. The fraction of sp³-hybridized carbons (Fsp3) is 0.143. The summed E-state index contributed by atoms with van der Waals surface area (Å²) in [5, 5.41) is 0. The highest BCUT2D eigenvalue weighted by molar-refractivity contribution is 7.90. The zero-order valence-corrected chi connectivity index (χ0v) is 8.23. The van der Waals surface area contributed by atoms with Gasteiger partial charge in [0.05, 0.1) is 5.69 Å². The molecular weight excluding hydrogens is 209 g/mol. The molecule has 7 heteroatoms. The van der Waals surface area contributed by atoms with E-state index in [0.29, 0.717) is 0 Å². The predicted octanol–water partition coefficient (Wildman–Crippen LogP) is 0.284. The monoisotopic (exact) mass is 219 g/mol. The van der Waals surface area contributed by atoms with Crippen LogP contribution < -0.4 is 15.2 Å². The van der Waals surface area contributed by atoms with E-state index in [0.717, 1.165) is 6.07 Å². The number of nitrogen functional groups attached to an aromatic ring is 1. The number of hydrogen-bond acceptors (Lipinski definition) is 3. The molecule has 0 radical (unpaired) electrons. The lowest BCUT2D eigenvalue weighted by Gasteiger charge is -2.07. The van der Waals surface area contributed by atoms with Crippen molar-refractivity contribution in [3.8, 4) is 0 Å². The number of benzene rings is 1. The van der Waals surface area contributed by atoms with Gasteiger partial charge in [0.25, 0.3) is 10.2 Å². The maximum atomic E-state index is 13.0. The SMILES string of the molecule is CNS(=O)(=O)Nc1cc(N)ccc1F. The van der Waals surface area contributed by atoms with E-state index in [-0.39, 0.29) is 11.4 Å². The normalized spacial score (nSPS) is 11.3. The van der Waals surface area contributed by atoms with Crippen molar-refractivity contribution in [2.24, 2.45) is 0 Å². The van der Waals surface area contributed by atoms with Gasteiger partial charge in [-0.25, -0.2) is 9.11 Å². The van der Waals surface area contributed by atoms with Gasteiger partial charge in [-0.3, -0.25) is 4.72 Å². The molecule has 0 bridgehead atoms. The first-order valence-electron chi connectivity index (χ1n) is 3.71. The summed E-state index contributed by atoms with van der Waals surface area (Å²) in [6, 6.07) is 3.62. The third kappa shape index (κ3) is 2.57. The van der Waals surface area contributed by atoms with Crippen molar-refractivity contribution in [1.82, 2.24) is 4.72 Å². The summed E-state index contributed by atoms with van der Waals surface area (Å²) >= 11 is 0. The minimum atomic E-state index is -3.71. The predicted molar refractivity (Wildman–Crippen MR) is 52.4 cm³/mol. The van der Waals surface area contributed by atoms with Crippen molar-refractivity contribution in [2.45, 2.75) is 0 Å². The molecule has 1 aromatic carbocycles. The van der Waals surface area contributed by atoms with E-state index in [1.54, 1.807) is 0 Å². The molecule has 0 saturated carbocycles. The van der Waals surface area contributed by atoms with Crippen LogP contribution in [-0.4, -0.2) is 15.5 Å². The molecule has 5 nitrogen and oxygen atoms in total. The minimum Gasteiger partial charge on any atom is -0.399 e. The standard InChI is InChI=1S/C7H10FN3O2S/c1-10-14(12,13)11-7-4-5(9)2-3-6(7)8/h2-4,10-11H,9H2,1H3. The smallest absolute Gasteiger partial charge is 0.298 e. The molecule has 1 aromatic rings. The molecule has 0 saturated heterocycles. The summed E-state index contributed by atoms with van der Waals surface area (Å²) in [4.78, 5) is 0. The summed E-state index contributed by atoms with van der Waals surface area (Å²) < 4.78 is 39.0. The van der Waals surface area contributed by atoms with Gasteiger partial charge in [-0.1, -0.05) is 0 Å². The third-order valence-electron chi connectivity index (χ3n) is 1.50. The van der Waals surface area contributed by atoms with Gasteiger partial charge < -0.3 is 5.73 Å². The lowest BCUT2D eigenvalue weighted by Crippen LogP contribution is -2.26. The van der Waals surface area contributed by atoms with E-state index in [9.17, 15) is 12.8 Å². The zero-order valence-electron chi connectivity index (χ0n) is 7.41. The van der Waals surface area contributed by atoms with Gasteiger partial charge >= 0.3 is 0 Å². The molecule has 4 N–H and O–H groups in total. The van der Waals surface area contributed by atoms with Gasteiger partial charge in [-0.15, -0.1) is 0 Å². The Balaban J connectivity index is 3.03. The molecule has 0 heterocycles. The Morgan fingerprint density at radius 2 is 2.07 bits per heavy atom. The van der Waals surface area contributed by atoms with Crippen molar-refractivity contribution >= 4 is 21.6 Å². The van der Waals surface area contributed by atoms with Crippen molar-refractivity contribution < 1.29 is 12.8 Å². The Hall–Kier alpha value is -1.34. The Labute approximate surface area is 81.3 Å². The highest BCUT2D eigenvalue weighted by Gasteiger charge is 2.10. The first-order valence-corrected chi connectivity index (χ1v) is 5.19. The second-order valence-electron chi connectivity index (χ2n) is 2.55. The Bertz CT molecular complexity index is 433. The maximum absolute atomic E-state index is 13.0. The number of anilines is 2. The van der Waals surface area contributed by atoms with Gasteiger partial charge in [0, 0.05) is 12.7 Å². The van der Waals surface area contributed by atoms with E-state index in [1.807, 2.05) is 9.44 Å². The first kappa shape index (κ1) is 10.7. The number of halogens is 1. The molecule has 0 aliphatic rings. The highest BCUT2D eigenvalue weighted by Crippen LogP contribution is 2.17. The molecular formula is C7H10FN3O2S. The molecule has 0 aromatic heterocycles. The molecule has 0 aliphatic carbocycles. The molecule has 1 rings (SSSR count). The van der Waals surface area contributed by atoms with Gasteiger partial charge in [0.15, 0.2) is 0 Å². The summed E-state index contributed by atoms with van der Waals surface area (Å²) in [6.07, 6.45) is 0. The number of rotatable bonds is 3. The fourth-order valence-electron chi connectivity index (χ4n) is 0.817. The van der Waals surface area contributed by atoms with Crippen LogP contribution in [0.3, 0.4) is 0 Å². The topological polar surface area (TPSA) is 84.2 Å². The molecule has 0 atom stereocenters. The molecule has 0 spiro atoms. The molecule has 0 aliphatic heterocycles. The quantitative estimate of drug-likeness (QED) is 0.638. The second-order valence-corrected chi connectivity index (χ2v) is 4.17. The van der Waals surface area contributed by atoms with Gasteiger partial charge in [0.1, 0.15) is 5.82 Å². The number of hydrogen-bond donors (Lipinski definition) is 3. The van der Waals surface area contributed by atoms with Crippen LogP contribution in [0.4, 0.5) is 15.8 Å².